The van der Waals surface area contributed by atoms with Gasteiger partial charge in [-0.15, -0.1) is 0 Å². The molecule has 0 aromatic rings. The van der Waals surface area contributed by atoms with Crippen LogP contribution in [0.4, 0.5) is 0 Å². The minimum Gasteiger partial charge on any atom is -0.309 e. The smallest absolute Gasteiger partial charge is 0.0253 e. The van der Waals surface area contributed by atoms with Crippen LogP contribution >= 0.6 is 0 Å². The zero-order valence-corrected chi connectivity index (χ0v) is 12.5. The minimum absolute atomic E-state index is 0.253. The van der Waals surface area contributed by atoms with E-state index in [0.717, 1.165) is 25.6 Å². The Bertz CT molecular complexity index is 262. The third kappa shape index (κ3) is 5.22. The summed E-state index contributed by atoms with van der Waals surface area (Å²) < 4.78 is 0. The summed E-state index contributed by atoms with van der Waals surface area (Å²) in [4.78, 5) is 2.64. The van der Waals surface area contributed by atoms with Gasteiger partial charge in [0.2, 0.25) is 0 Å². The maximum absolute atomic E-state index is 3.67. The molecule has 0 radical (unpaired) electrons. The Balaban J connectivity index is 2.64. The summed E-state index contributed by atoms with van der Waals surface area (Å²) in [5, 5.41) is 3.67. The summed E-state index contributed by atoms with van der Waals surface area (Å²) in [5.74, 6) is 0.775. The lowest BCUT2D eigenvalue weighted by Gasteiger charge is -2.45. The quantitative estimate of drug-likeness (QED) is 0.757. The molecule has 1 heterocycles. The fourth-order valence-corrected chi connectivity index (χ4v) is 2.51. The third-order valence-corrected chi connectivity index (χ3v) is 3.41. The maximum atomic E-state index is 3.67. The first-order valence-corrected chi connectivity index (χ1v) is 6.92. The highest BCUT2D eigenvalue weighted by Crippen LogP contribution is 2.20. The summed E-state index contributed by atoms with van der Waals surface area (Å²) in [6, 6.07) is 0.693. The van der Waals surface area contributed by atoms with Crippen LogP contribution in [0.2, 0.25) is 0 Å². The SMILES string of the molecule is CC(C)=CCN1CC(C)(C)NCC1CC(C)C. The van der Waals surface area contributed by atoms with Gasteiger partial charge in [-0.3, -0.25) is 4.90 Å². The van der Waals surface area contributed by atoms with Gasteiger partial charge in [0.25, 0.3) is 0 Å². The highest BCUT2D eigenvalue weighted by Gasteiger charge is 2.31. The third-order valence-electron chi connectivity index (χ3n) is 3.41. The molecule has 17 heavy (non-hydrogen) atoms. The van der Waals surface area contributed by atoms with E-state index in [-0.39, 0.29) is 5.54 Å². The van der Waals surface area contributed by atoms with E-state index in [4.69, 9.17) is 0 Å². The summed E-state index contributed by atoms with van der Waals surface area (Å²) in [5.41, 5.74) is 1.67. The molecular weight excluding hydrogens is 208 g/mol. The van der Waals surface area contributed by atoms with Gasteiger partial charge in [-0.2, -0.15) is 0 Å². The van der Waals surface area contributed by atoms with Gasteiger partial charge in [0.1, 0.15) is 0 Å². The second-order valence-electron chi connectivity index (χ2n) is 6.76. The molecule has 1 rings (SSSR count). The minimum atomic E-state index is 0.253. The van der Waals surface area contributed by atoms with Crippen LogP contribution in [0, 0.1) is 5.92 Å². The van der Waals surface area contributed by atoms with E-state index in [1.54, 1.807) is 0 Å². The van der Waals surface area contributed by atoms with Gasteiger partial charge in [-0.05, 0) is 40.0 Å². The van der Waals surface area contributed by atoms with Crippen LogP contribution in [0.3, 0.4) is 0 Å². The Hall–Kier alpha value is -0.340. The van der Waals surface area contributed by atoms with E-state index in [2.05, 4.69) is 57.8 Å². The van der Waals surface area contributed by atoms with E-state index in [0.29, 0.717) is 6.04 Å². The summed E-state index contributed by atoms with van der Waals surface area (Å²) >= 11 is 0. The molecule has 1 saturated heterocycles. The molecule has 0 amide bonds. The fraction of sp³-hybridized carbons (Fsp3) is 0.867. The molecular formula is C15H30N2. The van der Waals surface area contributed by atoms with Gasteiger partial charge < -0.3 is 5.32 Å². The first-order valence-electron chi connectivity index (χ1n) is 6.92. The summed E-state index contributed by atoms with van der Waals surface area (Å²) in [7, 11) is 0. The van der Waals surface area contributed by atoms with Crippen molar-refractivity contribution in [1.29, 1.82) is 0 Å². The van der Waals surface area contributed by atoms with Gasteiger partial charge in [-0.1, -0.05) is 25.5 Å². The van der Waals surface area contributed by atoms with Crippen LogP contribution in [0.5, 0.6) is 0 Å². The van der Waals surface area contributed by atoms with Crippen molar-refractivity contribution in [3.63, 3.8) is 0 Å². The molecule has 0 aliphatic carbocycles. The lowest BCUT2D eigenvalue weighted by molar-refractivity contribution is 0.0941. The van der Waals surface area contributed by atoms with Crippen molar-refractivity contribution in [2.45, 2.75) is 59.5 Å². The second kappa shape index (κ2) is 6.01. The first-order chi connectivity index (χ1) is 7.80. The van der Waals surface area contributed by atoms with Crippen molar-refractivity contribution in [3.8, 4) is 0 Å². The molecule has 1 atom stereocenters. The average molecular weight is 238 g/mol. The normalized spacial score (nSPS) is 25.0. The number of hydrogen-bond acceptors (Lipinski definition) is 2. The van der Waals surface area contributed by atoms with Gasteiger partial charge >= 0.3 is 0 Å². The maximum Gasteiger partial charge on any atom is 0.0253 e. The fourth-order valence-electron chi connectivity index (χ4n) is 2.51. The predicted molar refractivity (Wildman–Crippen MR) is 76.3 cm³/mol. The standard InChI is InChI=1S/C15H30N2/c1-12(2)7-8-17-11-15(5,6)16-10-14(17)9-13(3)4/h7,13-14,16H,8-11H2,1-6H3. The molecule has 0 aromatic carbocycles. The van der Waals surface area contributed by atoms with Crippen molar-refractivity contribution < 1.29 is 0 Å². The van der Waals surface area contributed by atoms with Gasteiger partial charge in [0, 0.05) is 31.2 Å². The van der Waals surface area contributed by atoms with E-state index in [1.165, 1.54) is 12.0 Å². The van der Waals surface area contributed by atoms with Crippen molar-refractivity contribution in [3.05, 3.63) is 11.6 Å². The van der Waals surface area contributed by atoms with Gasteiger partial charge in [0.15, 0.2) is 0 Å². The van der Waals surface area contributed by atoms with Gasteiger partial charge in [0.05, 0.1) is 0 Å². The van der Waals surface area contributed by atoms with E-state index in [1.807, 2.05) is 0 Å². The molecule has 100 valence electrons. The molecule has 0 bridgehead atoms. The highest BCUT2D eigenvalue weighted by atomic mass is 15.2. The lowest BCUT2D eigenvalue weighted by atomic mass is 9.94. The molecule has 1 N–H and O–H groups in total. The molecule has 1 aliphatic heterocycles. The van der Waals surface area contributed by atoms with Crippen molar-refractivity contribution in [1.82, 2.24) is 10.2 Å². The molecule has 1 aliphatic rings. The Morgan fingerprint density at radius 3 is 2.59 bits per heavy atom. The molecule has 2 nitrogen and oxygen atoms in total. The van der Waals surface area contributed by atoms with E-state index < -0.39 is 0 Å². The van der Waals surface area contributed by atoms with Crippen molar-refractivity contribution >= 4 is 0 Å². The topological polar surface area (TPSA) is 15.3 Å². The average Bonchev–Trinajstić information content (AvgIpc) is 2.17. The molecule has 2 heteroatoms. The number of nitrogens with one attached hydrogen (secondary N) is 1. The Morgan fingerprint density at radius 2 is 2.06 bits per heavy atom. The van der Waals surface area contributed by atoms with Gasteiger partial charge in [-0.25, -0.2) is 0 Å². The first kappa shape index (κ1) is 14.7. The van der Waals surface area contributed by atoms with E-state index >= 15 is 0 Å². The Kier molecular flexibility index (Phi) is 5.21. The Morgan fingerprint density at radius 1 is 1.41 bits per heavy atom. The summed E-state index contributed by atoms with van der Waals surface area (Å²) in [6.45, 7) is 17.0. The van der Waals surface area contributed by atoms with E-state index in [9.17, 15) is 0 Å². The van der Waals surface area contributed by atoms with Crippen molar-refractivity contribution in [2.75, 3.05) is 19.6 Å². The monoisotopic (exact) mass is 238 g/mol. The number of piperazine rings is 1. The number of hydrogen-bond donors (Lipinski definition) is 1. The zero-order valence-electron chi connectivity index (χ0n) is 12.5. The van der Waals surface area contributed by atoms with Crippen LogP contribution in [0.15, 0.2) is 11.6 Å². The largest absolute Gasteiger partial charge is 0.309 e. The number of nitrogens with zero attached hydrogens (tertiary/aromatic N) is 1. The molecule has 1 unspecified atom stereocenters. The second-order valence-corrected chi connectivity index (χ2v) is 6.76. The Labute approximate surface area is 107 Å². The van der Waals surface area contributed by atoms with Crippen LogP contribution < -0.4 is 5.32 Å². The number of rotatable bonds is 4. The summed E-state index contributed by atoms with van der Waals surface area (Å²) in [6.07, 6.45) is 3.65. The predicted octanol–water partition coefficient (Wildman–Crippen LogP) is 3.05. The van der Waals surface area contributed by atoms with Crippen LogP contribution in [-0.4, -0.2) is 36.1 Å². The van der Waals surface area contributed by atoms with Crippen LogP contribution in [0.25, 0.3) is 0 Å². The molecule has 1 fully saturated rings. The molecule has 0 spiro atoms. The zero-order chi connectivity index (χ0) is 13.1. The lowest BCUT2D eigenvalue weighted by Crippen LogP contribution is -2.61. The van der Waals surface area contributed by atoms with Crippen LogP contribution in [0.1, 0.15) is 48.0 Å². The highest BCUT2D eigenvalue weighted by molar-refractivity contribution is 4.99. The molecule has 0 aromatic heterocycles. The number of allylic oxidation sites excluding steroid dienone is 1. The van der Waals surface area contributed by atoms with Crippen LogP contribution in [-0.2, 0) is 0 Å². The van der Waals surface area contributed by atoms with Crippen molar-refractivity contribution in [2.24, 2.45) is 5.92 Å². The molecule has 0 saturated carbocycles.